The number of aliphatic carboxylic acids is 1. The van der Waals surface area contributed by atoms with Gasteiger partial charge in [-0.05, 0) is 12.8 Å². The molecule has 0 radical (unpaired) electrons. The fraction of sp³-hybridized carbons (Fsp3) is 0.917. The summed E-state index contributed by atoms with van der Waals surface area (Å²) < 4.78 is 33.4. The van der Waals surface area contributed by atoms with Gasteiger partial charge >= 0.3 is 5.97 Å². The largest absolute Gasteiger partial charge is 0.481 e. The zero-order chi connectivity index (χ0) is 14.5. The Morgan fingerprint density at radius 2 is 2.20 bits per heavy atom. The van der Waals surface area contributed by atoms with Crippen LogP contribution in [0.5, 0.6) is 0 Å². The van der Waals surface area contributed by atoms with Gasteiger partial charge in [0.25, 0.3) is 10.2 Å². The average molecular weight is 304 g/mol. The van der Waals surface area contributed by atoms with E-state index in [1.807, 2.05) is 6.92 Å². The molecule has 3 fully saturated rings. The molecule has 2 atom stereocenters. The van der Waals surface area contributed by atoms with Crippen LogP contribution < -0.4 is 0 Å². The summed E-state index contributed by atoms with van der Waals surface area (Å²) in [6.07, 6.45) is 1.80. The monoisotopic (exact) mass is 304 g/mol. The minimum Gasteiger partial charge on any atom is -0.481 e. The van der Waals surface area contributed by atoms with Gasteiger partial charge in [-0.3, -0.25) is 4.79 Å². The molecule has 0 unspecified atom stereocenters. The number of ether oxygens (including phenoxy) is 1. The number of carbonyl (C=O) groups is 1. The molecule has 2 saturated heterocycles. The van der Waals surface area contributed by atoms with E-state index in [-0.39, 0.29) is 31.7 Å². The van der Waals surface area contributed by atoms with Crippen molar-refractivity contribution in [2.24, 2.45) is 11.3 Å². The zero-order valence-electron chi connectivity index (χ0n) is 11.5. The van der Waals surface area contributed by atoms with Crippen molar-refractivity contribution in [3.05, 3.63) is 0 Å². The lowest BCUT2D eigenvalue weighted by molar-refractivity contribution is -0.149. The fourth-order valence-corrected chi connectivity index (χ4v) is 5.26. The number of carboxylic acid groups (broad SMARTS) is 1. The second-order valence-electron chi connectivity index (χ2n) is 5.91. The molecule has 0 aromatic rings. The number of nitrogens with zero attached hydrogens (tertiary/aromatic N) is 2. The van der Waals surface area contributed by atoms with Crippen LogP contribution in [-0.4, -0.2) is 67.0 Å². The molecule has 7 nitrogen and oxygen atoms in total. The smallest absolute Gasteiger partial charge is 0.313 e. The fourth-order valence-electron chi connectivity index (χ4n) is 3.29. The summed E-state index contributed by atoms with van der Waals surface area (Å²) in [5.74, 6) is -1.19. The molecule has 2 aliphatic heterocycles. The number of fused-ring (bicyclic) bond motifs is 1. The van der Waals surface area contributed by atoms with Crippen LogP contribution in [0.3, 0.4) is 0 Å². The summed E-state index contributed by atoms with van der Waals surface area (Å²) >= 11 is 0. The van der Waals surface area contributed by atoms with Gasteiger partial charge in [-0.25, -0.2) is 0 Å². The van der Waals surface area contributed by atoms with E-state index in [1.54, 1.807) is 0 Å². The van der Waals surface area contributed by atoms with Crippen LogP contribution in [0.1, 0.15) is 19.8 Å². The Bertz CT molecular complexity index is 518. The summed E-state index contributed by atoms with van der Waals surface area (Å²) in [6.45, 7) is 2.96. The van der Waals surface area contributed by atoms with Gasteiger partial charge in [0.05, 0.1) is 13.2 Å². The molecular weight excluding hydrogens is 284 g/mol. The van der Waals surface area contributed by atoms with Crippen molar-refractivity contribution in [1.29, 1.82) is 0 Å². The van der Waals surface area contributed by atoms with Gasteiger partial charge in [-0.2, -0.15) is 17.0 Å². The van der Waals surface area contributed by atoms with Crippen molar-refractivity contribution in [1.82, 2.24) is 8.61 Å². The van der Waals surface area contributed by atoms with E-state index in [4.69, 9.17) is 4.74 Å². The van der Waals surface area contributed by atoms with Gasteiger partial charge < -0.3 is 9.84 Å². The van der Waals surface area contributed by atoms with Gasteiger partial charge in [0.1, 0.15) is 5.41 Å². The topological polar surface area (TPSA) is 87.2 Å². The molecule has 1 N–H and O–H groups in total. The van der Waals surface area contributed by atoms with Crippen molar-refractivity contribution >= 4 is 16.2 Å². The van der Waals surface area contributed by atoms with Gasteiger partial charge in [0.15, 0.2) is 0 Å². The molecule has 0 amide bonds. The Morgan fingerprint density at radius 3 is 2.70 bits per heavy atom. The van der Waals surface area contributed by atoms with Crippen LogP contribution >= 0.6 is 0 Å². The van der Waals surface area contributed by atoms with E-state index < -0.39 is 21.6 Å². The number of hydrogen-bond donors (Lipinski definition) is 1. The van der Waals surface area contributed by atoms with Crippen LogP contribution in [0.25, 0.3) is 0 Å². The van der Waals surface area contributed by atoms with Crippen molar-refractivity contribution in [3.8, 4) is 0 Å². The van der Waals surface area contributed by atoms with Gasteiger partial charge in [0.2, 0.25) is 0 Å². The van der Waals surface area contributed by atoms with Crippen LogP contribution in [0.4, 0.5) is 0 Å². The summed E-state index contributed by atoms with van der Waals surface area (Å²) in [6, 6.07) is 0.0995. The lowest BCUT2D eigenvalue weighted by Crippen LogP contribution is -2.46. The molecular formula is C12H20N2O5S. The van der Waals surface area contributed by atoms with E-state index in [1.165, 1.54) is 8.61 Å². The first-order valence-corrected chi connectivity index (χ1v) is 8.39. The maximum Gasteiger partial charge on any atom is 0.313 e. The van der Waals surface area contributed by atoms with E-state index in [0.717, 1.165) is 12.8 Å². The first-order valence-electron chi connectivity index (χ1n) is 7.00. The van der Waals surface area contributed by atoms with Gasteiger partial charge in [-0.15, -0.1) is 0 Å². The second-order valence-corrected chi connectivity index (χ2v) is 7.79. The Hall–Kier alpha value is -0.700. The highest BCUT2D eigenvalue weighted by atomic mass is 32.2. The van der Waals surface area contributed by atoms with Crippen molar-refractivity contribution in [2.75, 3.05) is 32.8 Å². The quantitative estimate of drug-likeness (QED) is 0.757. The molecule has 1 saturated carbocycles. The molecule has 3 aliphatic rings. The SMILES string of the molecule is CCN(C1CC1)S(=O)(=O)N1C[C@@H]2COC[C@]2(C(=O)O)C1. The summed E-state index contributed by atoms with van der Waals surface area (Å²) in [5, 5.41) is 9.46. The third-order valence-corrected chi connectivity index (χ3v) is 6.74. The standard InChI is InChI=1S/C12H20N2O5S/c1-2-14(10-3-4-10)20(17,18)13-5-9-6-19-8-12(9,7-13)11(15)16/h9-10H,2-8H2,1H3,(H,15,16)/t9-,12-/m1/s1. The first kappa shape index (κ1) is 14.2. The van der Waals surface area contributed by atoms with Crippen LogP contribution in [0.2, 0.25) is 0 Å². The number of hydrogen-bond acceptors (Lipinski definition) is 4. The third kappa shape index (κ3) is 1.97. The molecule has 0 spiro atoms. The van der Waals surface area contributed by atoms with Gasteiger partial charge in [0, 0.05) is 31.6 Å². The molecule has 114 valence electrons. The Kier molecular flexibility index (Phi) is 3.32. The molecule has 20 heavy (non-hydrogen) atoms. The van der Waals surface area contributed by atoms with Crippen molar-refractivity contribution < 1.29 is 23.1 Å². The molecule has 0 aromatic heterocycles. The maximum absolute atomic E-state index is 12.7. The number of rotatable bonds is 5. The van der Waals surface area contributed by atoms with E-state index in [0.29, 0.717) is 13.2 Å². The van der Waals surface area contributed by atoms with Gasteiger partial charge in [-0.1, -0.05) is 6.92 Å². The number of carboxylic acids is 1. The molecule has 3 rings (SSSR count). The van der Waals surface area contributed by atoms with E-state index in [2.05, 4.69) is 0 Å². The molecule has 2 heterocycles. The van der Waals surface area contributed by atoms with E-state index >= 15 is 0 Å². The summed E-state index contributed by atoms with van der Waals surface area (Å²) in [7, 11) is -3.55. The van der Waals surface area contributed by atoms with Crippen LogP contribution in [-0.2, 0) is 19.7 Å². The highest BCUT2D eigenvalue weighted by molar-refractivity contribution is 7.86. The summed E-state index contributed by atoms with van der Waals surface area (Å²) in [4.78, 5) is 11.5. The summed E-state index contributed by atoms with van der Waals surface area (Å²) in [5.41, 5.74) is -1.06. The predicted molar refractivity (Wildman–Crippen MR) is 70.3 cm³/mol. The Balaban J connectivity index is 1.84. The predicted octanol–water partition coefficient (Wildman–Crippen LogP) is -0.251. The minimum absolute atomic E-state index is 0.0263. The molecule has 8 heteroatoms. The van der Waals surface area contributed by atoms with Crippen molar-refractivity contribution in [3.63, 3.8) is 0 Å². The van der Waals surface area contributed by atoms with Crippen LogP contribution in [0, 0.1) is 11.3 Å². The first-order chi connectivity index (χ1) is 9.41. The lowest BCUT2D eigenvalue weighted by atomic mass is 9.81. The average Bonchev–Trinajstić information content (AvgIpc) is 2.98. The maximum atomic E-state index is 12.7. The molecule has 0 aromatic carbocycles. The normalized spacial score (nSPS) is 34.6. The highest BCUT2D eigenvalue weighted by Gasteiger charge is 2.59. The Labute approximate surface area is 118 Å². The van der Waals surface area contributed by atoms with Crippen molar-refractivity contribution in [2.45, 2.75) is 25.8 Å². The second kappa shape index (κ2) is 4.66. The zero-order valence-corrected chi connectivity index (χ0v) is 12.3. The minimum atomic E-state index is -3.55. The molecule has 1 aliphatic carbocycles. The lowest BCUT2D eigenvalue weighted by Gasteiger charge is -2.27. The third-order valence-electron chi connectivity index (χ3n) is 4.66. The Morgan fingerprint density at radius 1 is 1.50 bits per heavy atom. The molecule has 0 bridgehead atoms. The highest BCUT2D eigenvalue weighted by Crippen LogP contribution is 2.43. The van der Waals surface area contributed by atoms with E-state index in [9.17, 15) is 18.3 Å². The van der Waals surface area contributed by atoms with Crippen LogP contribution in [0.15, 0.2) is 0 Å².